The SMILES string of the molecule is COc1c(F)cccc1[C@H](c1ccc(OC(F)(F)F)cc1)N1CCNCC1. The smallest absolute Gasteiger partial charge is 0.493 e. The van der Waals surface area contributed by atoms with Gasteiger partial charge in [0, 0.05) is 31.7 Å². The Bertz CT molecular complexity index is 759. The zero-order valence-electron chi connectivity index (χ0n) is 14.7. The third-order valence-corrected chi connectivity index (χ3v) is 4.44. The summed E-state index contributed by atoms with van der Waals surface area (Å²) in [5.74, 6) is -0.639. The lowest BCUT2D eigenvalue weighted by atomic mass is 9.95. The van der Waals surface area contributed by atoms with Crippen molar-refractivity contribution in [3.63, 3.8) is 0 Å². The molecule has 0 amide bonds. The van der Waals surface area contributed by atoms with E-state index >= 15 is 0 Å². The molecule has 0 radical (unpaired) electrons. The summed E-state index contributed by atoms with van der Waals surface area (Å²) in [6.07, 6.45) is -4.74. The van der Waals surface area contributed by atoms with Gasteiger partial charge in [0.25, 0.3) is 0 Å². The Balaban J connectivity index is 1.99. The molecular formula is C19H20F4N2O2. The quantitative estimate of drug-likeness (QED) is 0.797. The van der Waals surface area contributed by atoms with Crippen LogP contribution in [0.2, 0.25) is 0 Å². The van der Waals surface area contributed by atoms with E-state index in [-0.39, 0.29) is 17.5 Å². The van der Waals surface area contributed by atoms with E-state index < -0.39 is 12.2 Å². The largest absolute Gasteiger partial charge is 0.573 e. The van der Waals surface area contributed by atoms with Crippen molar-refractivity contribution in [1.29, 1.82) is 0 Å². The van der Waals surface area contributed by atoms with Crippen LogP contribution in [0.3, 0.4) is 0 Å². The van der Waals surface area contributed by atoms with Gasteiger partial charge in [-0.3, -0.25) is 4.90 Å². The van der Waals surface area contributed by atoms with Gasteiger partial charge in [0.2, 0.25) is 0 Å². The molecule has 27 heavy (non-hydrogen) atoms. The molecule has 1 N–H and O–H groups in total. The van der Waals surface area contributed by atoms with Crippen molar-refractivity contribution in [3.8, 4) is 11.5 Å². The number of para-hydroxylation sites is 1. The molecule has 1 aliphatic heterocycles. The van der Waals surface area contributed by atoms with Crippen molar-refractivity contribution in [3.05, 3.63) is 59.4 Å². The fraction of sp³-hybridized carbons (Fsp3) is 0.368. The molecule has 1 atom stereocenters. The van der Waals surface area contributed by atoms with Crippen LogP contribution >= 0.6 is 0 Å². The molecule has 8 heteroatoms. The first-order valence-electron chi connectivity index (χ1n) is 8.52. The highest BCUT2D eigenvalue weighted by Crippen LogP contribution is 2.37. The summed E-state index contributed by atoms with van der Waals surface area (Å²) in [7, 11) is 1.40. The Labute approximate surface area is 154 Å². The topological polar surface area (TPSA) is 33.7 Å². The van der Waals surface area contributed by atoms with E-state index in [0.29, 0.717) is 18.7 Å². The summed E-state index contributed by atoms with van der Waals surface area (Å²) in [6.45, 7) is 2.96. The van der Waals surface area contributed by atoms with Crippen LogP contribution in [-0.2, 0) is 0 Å². The molecule has 0 spiro atoms. The van der Waals surface area contributed by atoms with Gasteiger partial charge in [-0.25, -0.2) is 4.39 Å². The highest BCUT2D eigenvalue weighted by molar-refractivity contribution is 5.44. The average molecular weight is 384 g/mol. The molecule has 0 aromatic heterocycles. The van der Waals surface area contributed by atoms with Gasteiger partial charge in [0.1, 0.15) is 5.75 Å². The molecule has 0 bridgehead atoms. The number of alkyl halides is 3. The fourth-order valence-electron chi connectivity index (χ4n) is 3.34. The Morgan fingerprint density at radius 2 is 1.70 bits per heavy atom. The normalized spacial score (nSPS) is 16.8. The second-order valence-electron chi connectivity index (χ2n) is 6.17. The second-order valence-corrected chi connectivity index (χ2v) is 6.17. The Hall–Kier alpha value is -2.32. The molecule has 0 saturated carbocycles. The van der Waals surface area contributed by atoms with Crippen LogP contribution in [0, 0.1) is 5.82 Å². The summed E-state index contributed by atoms with van der Waals surface area (Å²) < 4.78 is 60.7. The maximum atomic E-state index is 14.2. The molecule has 3 rings (SSSR count). The van der Waals surface area contributed by atoms with Crippen molar-refractivity contribution in [2.24, 2.45) is 0 Å². The third kappa shape index (κ3) is 4.70. The minimum absolute atomic E-state index is 0.136. The maximum absolute atomic E-state index is 14.2. The number of hydrogen-bond donors (Lipinski definition) is 1. The summed E-state index contributed by atoms with van der Waals surface area (Å²) in [4.78, 5) is 2.15. The number of halogens is 4. The Morgan fingerprint density at radius 3 is 2.30 bits per heavy atom. The summed E-state index contributed by atoms with van der Waals surface area (Å²) in [5, 5.41) is 3.26. The van der Waals surface area contributed by atoms with Crippen LogP contribution in [-0.4, -0.2) is 44.6 Å². The highest BCUT2D eigenvalue weighted by Gasteiger charge is 2.32. The van der Waals surface area contributed by atoms with Crippen LogP contribution < -0.4 is 14.8 Å². The highest BCUT2D eigenvalue weighted by atomic mass is 19.4. The molecule has 4 nitrogen and oxygen atoms in total. The summed E-state index contributed by atoms with van der Waals surface area (Å²) in [5.41, 5.74) is 1.36. The zero-order valence-corrected chi connectivity index (χ0v) is 14.7. The number of rotatable bonds is 5. The molecule has 1 fully saturated rings. The van der Waals surface area contributed by atoms with Crippen molar-refractivity contribution in [2.45, 2.75) is 12.4 Å². The van der Waals surface area contributed by atoms with Gasteiger partial charge in [0.15, 0.2) is 11.6 Å². The van der Waals surface area contributed by atoms with Crippen LogP contribution in [0.1, 0.15) is 17.2 Å². The first-order valence-corrected chi connectivity index (χ1v) is 8.52. The molecule has 2 aromatic carbocycles. The van der Waals surface area contributed by atoms with Gasteiger partial charge in [-0.1, -0.05) is 24.3 Å². The van der Waals surface area contributed by atoms with Crippen molar-refractivity contribution >= 4 is 0 Å². The van der Waals surface area contributed by atoms with Crippen LogP contribution in [0.25, 0.3) is 0 Å². The predicted molar refractivity (Wildman–Crippen MR) is 92.4 cm³/mol. The van der Waals surface area contributed by atoms with Crippen LogP contribution in [0.5, 0.6) is 11.5 Å². The third-order valence-electron chi connectivity index (χ3n) is 4.44. The number of benzene rings is 2. The van der Waals surface area contributed by atoms with E-state index in [1.54, 1.807) is 24.3 Å². The van der Waals surface area contributed by atoms with E-state index in [4.69, 9.17) is 4.74 Å². The fourth-order valence-corrected chi connectivity index (χ4v) is 3.34. The zero-order chi connectivity index (χ0) is 19.4. The maximum Gasteiger partial charge on any atom is 0.573 e. The predicted octanol–water partition coefficient (Wildman–Crippen LogP) is 3.73. The first kappa shape index (κ1) is 19.4. The van der Waals surface area contributed by atoms with E-state index in [9.17, 15) is 17.6 Å². The van der Waals surface area contributed by atoms with E-state index in [1.807, 2.05) is 0 Å². The molecule has 1 saturated heterocycles. The number of hydrogen-bond acceptors (Lipinski definition) is 4. The van der Waals surface area contributed by atoms with Gasteiger partial charge in [-0.2, -0.15) is 0 Å². The van der Waals surface area contributed by atoms with E-state index in [0.717, 1.165) is 18.7 Å². The average Bonchev–Trinajstić information content (AvgIpc) is 2.63. The molecule has 146 valence electrons. The van der Waals surface area contributed by atoms with E-state index in [1.165, 1.54) is 25.3 Å². The van der Waals surface area contributed by atoms with Gasteiger partial charge in [-0.05, 0) is 23.8 Å². The van der Waals surface area contributed by atoms with Crippen molar-refractivity contribution in [1.82, 2.24) is 10.2 Å². The van der Waals surface area contributed by atoms with Gasteiger partial charge < -0.3 is 14.8 Å². The number of methoxy groups -OCH3 is 1. The van der Waals surface area contributed by atoms with E-state index in [2.05, 4.69) is 15.0 Å². The van der Waals surface area contributed by atoms with Crippen LogP contribution in [0.15, 0.2) is 42.5 Å². The van der Waals surface area contributed by atoms with Gasteiger partial charge >= 0.3 is 6.36 Å². The first-order chi connectivity index (χ1) is 12.9. The number of piperazine rings is 1. The Kier molecular flexibility index (Phi) is 5.86. The molecule has 2 aromatic rings. The Morgan fingerprint density at radius 1 is 1.04 bits per heavy atom. The lowest BCUT2D eigenvalue weighted by Crippen LogP contribution is -2.45. The molecule has 1 heterocycles. The minimum atomic E-state index is -4.74. The lowest BCUT2D eigenvalue weighted by Gasteiger charge is -2.36. The molecule has 1 aliphatic rings. The van der Waals surface area contributed by atoms with Crippen molar-refractivity contribution < 1.29 is 27.0 Å². The van der Waals surface area contributed by atoms with Crippen molar-refractivity contribution in [2.75, 3.05) is 33.3 Å². The minimum Gasteiger partial charge on any atom is -0.493 e. The second kappa shape index (κ2) is 8.14. The summed E-state index contributed by atoms with van der Waals surface area (Å²) >= 11 is 0. The van der Waals surface area contributed by atoms with Crippen LogP contribution in [0.4, 0.5) is 17.6 Å². The van der Waals surface area contributed by atoms with Gasteiger partial charge in [-0.15, -0.1) is 13.2 Å². The number of nitrogens with one attached hydrogen (secondary N) is 1. The molecule has 0 unspecified atom stereocenters. The number of ether oxygens (including phenoxy) is 2. The lowest BCUT2D eigenvalue weighted by molar-refractivity contribution is -0.274. The molecular weight excluding hydrogens is 364 g/mol. The standard InChI is InChI=1S/C19H20F4N2O2/c1-26-18-15(3-2-4-16(18)20)17(25-11-9-24-10-12-25)13-5-7-14(8-6-13)27-19(21,22)23/h2-8,17,24H,9-12H2,1H3/t17-/m0/s1. The molecule has 0 aliphatic carbocycles. The number of nitrogens with zero attached hydrogens (tertiary/aromatic N) is 1. The van der Waals surface area contributed by atoms with Gasteiger partial charge in [0.05, 0.1) is 13.2 Å². The monoisotopic (exact) mass is 384 g/mol. The summed E-state index contributed by atoms with van der Waals surface area (Å²) in [6, 6.07) is 10.0.